The van der Waals surface area contributed by atoms with E-state index in [2.05, 4.69) is 33.5 Å². The van der Waals surface area contributed by atoms with Crippen LogP contribution in [-0.4, -0.2) is 284 Å². The first-order chi connectivity index (χ1) is 42.4. The highest BCUT2D eigenvalue weighted by molar-refractivity contribution is 5.94. The van der Waals surface area contributed by atoms with Crippen LogP contribution in [0.2, 0.25) is 0 Å². The van der Waals surface area contributed by atoms with Gasteiger partial charge in [-0.3, -0.25) is 24.0 Å². The fourth-order valence-corrected chi connectivity index (χ4v) is 11.0. The van der Waals surface area contributed by atoms with Crippen molar-refractivity contribution in [2.45, 2.75) is 246 Å². The summed E-state index contributed by atoms with van der Waals surface area (Å²) in [6.45, 7) is 2.65. The molecule has 4 saturated heterocycles. The topological polar surface area (TPSA) is 481 Å². The van der Waals surface area contributed by atoms with Gasteiger partial charge in [0.05, 0.1) is 52.3 Å². The van der Waals surface area contributed by atoms with Crippen molar-refractivity contribution in [1.82, 2.24) is 26.6 Å². The van der Waals surface area contributed by atoms with Crippen molar-refractivity contribution >= 4 is 29.5 Å². The highest BCUT2D eigenvalue weighted by Crippen LogP contribution is 2.36. The van der Waals surface area contributed by atoms with Gasteiger partial charge in [0, 0.05) is 33.3 Å². The lowest BCUT2D eigenvalue weighted by molar-refractivity contribution is -0.364. The predicted molar refractivity (Wildman–Crippen MR) is 304 cm³/mol. The highest BCUT2D eigenvalue weighted by Gasteiger charge is 2.57. The number of carbonyl (C=O) groups is 5. The van der Waals surface area contributed by atoms with Gasteiger partial charge in [0.2, 0.25) is 23.6 Å². The maximum Gasteiger partial charge on any atom is 0.251 e. The molecule has 17 N–H and O–H groups in total. The number of carbonyl (C=O) groups excluding carboxylic acids is 5. The molecule has 5 rings (SSSR count). The Morgan fingerprint density at radius 1 is 0.517 bits per heavy atom. The molecule has 4 fully saturated rings. The Morgan fingerprint density at radius 2 is 0.933 bits per heavy atom. The van der Waals surface area contributed by atoms with E-state index in [1.807, 2.05) is 0 Å². The van der Waals surface area contributed by atoms with E-state index in [4.69, 9.17) is 47.4 Å². The standard InChI is InChI=1S/C57H95N5O27/c1-7-8-9-10-11-12-13-14-15-19-80-33-18-16-17-32(20-33)52(78)62-40-45(74)44(73)36(23-65)83-55(40)87-50-38(25-67)85-57(42(47(50)76)60-30(5)71)89-51-39(26-68)86-56(43(48(51)77)61-31(6)72)88-49-37(24-66)84-54(41(46(49)75)59-29(4)70)82-35(22-64)34(21-63)81-53(79)27(2)58-28(3)69/h16-18,20,27,34-51,53-57,63-68,73-77,79H,7-15,19,21-26H2,1-6H3,(H,58,69)(H,59,70)(H,60,71)(H,61,72)(H,62,78)/t27-,34?,35?,36?,37-,38-,39?,40-,41?,42?,43-,44+,45+,46?,47?,48+,49+,50+,51?,53?,54?,55?,56-,57-/m0/s1. The Kier molecular flexibility index (Phi) is 31.5. The summed E-state index contributed by atoms with van der Waals surface area (Å²) in [7, 11) is 0. The number of unbranched alkanes of at least 4 members (excludes halogenated alkanes) is 8. The van der Waals surface area contributed by atoms with E-state index >= 15 is 0 Å². The minimum Gasteiger partial charge on any atom is -0.494 e. The van der Waals surface area contributed by atoms with Crippen LogP contribution in [0.1, 0.15) is 110 Å². The second kappa shape index (κ2) is 37.3. The quantitative estimate of drug-likeness (QED) is 0.0223. The summed E-state index contributed by atoms with van der Waals surface area (Å²) in [6, 6.07) is -1.58. The van der Waals surface area contributed by atoms with Gasteiger partial charge in [0.25, 0.3) is 5.91 Å². The third kappa shape index (κ3) is 21.3. The lowest BCUT2D eigenvalue weighted by Crippen LogP contribution is -2.72. The molecule has 12 unspecified atom stereocenters. The zero-order valence-corrected chi connectivity index (χ0v) is 51.0. The molecule has 0 spiro atoms. The van der Waals surface area contributed by atoms with Crippen molar-refractivity contribution < 1.29 is 133 Å². The summed E-state index contributed by atoms with van der Waals surface area (Å²) in [5, 5.41) is 144. The molecule has 510 valence electrons. The molecule has 32 nitrogen and oxygen atoms in total. The molecule has 89 heavy (non-hydrogen) atoms. The van der Waals surface area contributed by atoms with Crippen LogP contribution < -0.4 is 31.3 Å². The Balaban J connectivity index is 1.33. The van der Waals surface area contributed by atoms with Crippen molar-refractivity contribution in [1.29, 1.82) is 0 Å². The molecular formula is C57H95N5O27. The first-order valence-electron chi connectivity index (χ1n) is 30.2. The highest BCUT2D eigenvalue weighted by atomic mass is 16.8. The molecule has 1 aromatic rings. The molecule has 0 aromatic heterocycles. The number of aliphatic hydroxyl groups excluding tert-OH is 12. The Labute approximate surface area is 515 Å². The first-order valence-corrected chi connectivity index (χ1v) is 30.2. The minimum atomic E-state index is -2.02. The fourth-order valence-electron chi connectivity index (χ4n) is 11.0. The zero-order valence-electron chi connectivity index (χ0n) is 51.0. The van der Waals surface area contributed by atoms with Gasteiger partial charge >= 0.3 is 0 Å². The number of hydrogen-bond acceptors (Lipinski definition) is 27. The summed E-state index contributed by atoms with van der Waals surface area (Å²) in [5.74, 6) is -3.31. The van der Waals surface area contributed by atoms with Crippen molar-refractivity contribution in [3.8, 4) is 5.75 Å². The lowest BCUT2D eigenvalue weighted by atomic mass is 9.93. The number of amides is 5. The average molecular weight is 1280 g/mol. The number of hydrogen-bond donors (Lipinski definition) is 17. The van der Waals surface area contributed by atoms with Crippen LogP contribution in [0.25, 0.3) is 0 Å². The second-order valence-electron chi connectivity index (χ2n) is 22.6. The molecule has 0 saturated carbocycles. The number of ether oxygens (including phenoxy) is 10. The largest absolute Gasteiger partial charge is 0.494 e. The summed E-state index contributed by atoms with van der Waals surface area (Å²) < 4.78 is 59.9. The van der Waals surface area contributed by atoms with Crippen LogP contribution in [0.15, 0.2) is 24.3 Å². The zero-order chi connectivity index (χ0) is 65.6. The van der Waals surface area contributed by atoms with Crippen molar-refractivity contribution in [3.05, 3.63) is 29.8 Å². The van der Waals surface area contributed by atoms with Gasteiger partial charge in [0.15, 0.2) is 31.5 Å². The monoisotopic (exact) mass is 1280 g/mol. The molecule has 24 atom stereocenters. The Hall–Kier alpha value is -4.47. The number of nitrogens with one attached hydrogen (secondary N) is 5. The first kappa shape index (κ1) is 75.3. The molecule has 0 bridgehead atoms. The molecule has 4 aliphatic heterocycles. The van der Waals surface area contributed by atoms with E-state index in [1.54, 1.807) is 12.1 Å². The van der Waals surface area contributed by atoms with Gasteiger partial charge in [-0.1, -0.05) is 64.4 Å². The molecule has 0 aliphatic carbocycles. The third-order valence-electron chi connectivity index (χ3n) is 15.6. The minimum absolute atomic E-state index is 0.0719. The Morgan fingerprint density at radius 3 is 1.36 bits per heavy atom. The van der Waals surface area contributed by atoms with Crippen molar-refractivity contribution in [2.75, 3.05) is 46.2 Å². The molecule has 32 heteroatoms. The molecule has 0 radical (unpaired) electrons. The van der Waals surface area contributed by atoms with E-state index in [1.165, 1.54) is 58.1 Å². The van der Waals surface area contributed by atoms with Crippen LogP contribution in [0.3, 0.4) is 0 Å². The van der Waals surface area contributed by atoms with Crippen LogP contribution >= 0.6 is 0 Å². The maximum absolute atomic E-state index is 13.9. The lowest BCUT2D eigenvalue weighted by Gasteiger charge is -2.51. The van der Waals surface area contributed by atoms with E-state index in [9.17, 15) is 85.3 Å². The Bertz CT molecular complexity index is 2320. The number of aliphatic hydroxyl groups is 12. The van der Waals surface area contributed by atoms with Crippen LogP contribution in [-0.2, 0) is 61.8 Å². The summed E-state index contributed by atoms with van der Waals surface area (Å²) in [4.78, 5) is 63.8. The molecule has 1 aromatic carbocycles. The van der Waals surface area contributed by atoms with Crippen LogP contribution in [0.5, 0.6) is 5.75 Å². The number of rotatable bonds is 35. The summed E-state index contributed by atoms with van der Waals surface area (Å²) in [5.41, 5.74) is 0.0719. The SMILES string of the molecule is CCCCCCCCCCCOc1cccc(C(=O)N[C@@H]2C(O[C@H]3C(O)C(NC(C)=O)[C@H](OC4C(CO)O[C@@H](O[C@H]5C(O)C(NC(C)=O)C(OC(CO)C(CO)OC(O)[C@H](C)NC(C)=O)O[C@H]5CO)[C@@H](NC(C)=O)[C@H]4O)O[C@H]3CO)OC(CO)[C@@H](O)[C@@H]2O)c1. The van der Waals surface area contributed by atoms with Gasteiger partial charge in [0.1, 0.15) is 115 Å². The van der Waals surface area contributed by atoms with E-state index in [-0.39, 0.29) is 5.56 Å². The van der Waals surface area contributed by atoms with E-state index in [0.717, 1.165) is 46.5 Å². The van der Waals surface area contributed by atoms with Gasteiger partial charge in [-0.05, 0) is 31.5 Å². The molecular weight excluding hydrogens is 1190 g/mol. The van der Waals surface area contributed by atoms with Crippen LogP contribution in [0.4, 0.5) is 0 Å². The van der Waals surface area contributed by atoms with E-state index < -0.39 is 216 Å². The van der Waals surface area contributed by atoms with Gasteiger partial charge in [-0.2, -0.15) is 0 Å². The van der Waals surface area contributed by atoms with Crippen LogP contribution in [0, 0.1) is 0 Å². The second-order valence-corrected chi connectivity index (χ2v) is 22.6. The van der Waals surface area contributed by atoms with E-state index in [0.29, 0.717) is 12.4 Å². The molecule has 4 aliphatic rings. The summed E-state index contributed by atoms with van der Waals surface area (Å²) in [6.07, 6.45) is -23.8. The smallest absolute Gasteiger partial charge is 0.251 e. The van der Waals surface area contributed by atoms with Gasteiger partial charge in [-0.15, -0.1) is 0 Å². The van der Waals surface area contributed by atoms with Gasteiger partial charge in [-0.25, -0.2) is 0 Å². The van der Waals surface area contributed by atoms with Crippen molar-refractivity contribution in [2.24, 2.45) is 0 Å². The van der Waals surface area contributed by atoms with Gasteiger partial charge < -0.3 is 135 Å². The average Bonchev–Trinajstić information content (AvgIpc) is 1.15. The third-order valence-corrected chi connectivity index (χ3v) is 15.6. The molecule has 4 heterocycles. The fraction of sp³-hybridized carbons (Fsp3) is 0.807. The normalized spacial score (nSPS) is 33.6. The number of benzene rings is 1. The summed E-state index contributed by atoms with van der Waals surface area (Å²) >= 11 is 0. The predicted octanol–water partition coefficient (Wildman–Crippen LogP) is -5.36. The van der Waals surface area contributed by atoms with Crippen molar-refractivity contribution in [3.63, 3.8) is 0 Å². The maximum atomic E-state index is 13.9. The molecule has 5 amide bonds.